The summed E-state index contributed by atoms with van der Waals surface area (Å²) in [6.07, 6.45) is 1.08. The van der Waals surface area contributed by atoms with Crippen LogP contribution in [0.5, 0.6) is 0 Å². The van der Waals surface area contributed by atoms with Crippen LogP contribution in [0, 0.1) is 5.82 Å². The Hall–Kier alpha value is -0.640. The molecular weight excluding hydrogens is 263 g/mol. The van der Waals surface area contributed by atoms with Crippen molar-refractivity contribution in [1.29, 1.82) is 0 Å². The van der Waals surface area contributed by atoms with Gasteiger partial charge in [0.1, 0.15) is 5.82 Å². The Kier molecular flexibility index (Phi) is 4.49. The predicted octanol–water partition coefficient (Wildman–Crippen LogP) is 3.44. The molecule has 4 heteroatoms. The maximum absolute atomic E-state index is 13.3. The Morgan fingerprint density at radius 1 is 1.47 bits per heavy atom. The number of nitrogens with one attached hydrogen (secondary N) is 1. The topological polar surface area (TPSA) is 15.3 Å². The van der Waals surface area contributed by atoms with Crippen molar-refractivity contribution in [2.75, 3.05) is 13.1 Å². The third-order valence-electron chi connectivity index (χ3n) is 3.78. The lowest BCUT2D eigenvalue weighted by atomic mass is 9.97. The number of piperazine rings is 1. The van der Waals surface area contributed by atoms with E-state index in [1.807, 2.05) is 0 Å². The summed E-state index contributed by atoms with van der Waals surface area (Å²) >= 11 is 6.17. The Balaban J connectivity index is 2.16. The fraction of sp³-hybridized carbons (Fsp3) is 0.600. The highest BCUT2D eigenvalue weighted by Crippen LogP contribution is 2.24. The second kappa shape index (κ2) is 5.78. The molecule has 1 aromatic rings. The second-order valence-corrected chi connectivity index (χ2v) is 6.37. The van der Waals surface area contributed by atoms with Gasteiger partial charge in [0.05, 0.1) is 0 Å². The standard InChI is InChI=1S/C15H22ClFN2/c1-4-13-8-18-15(2,3)10-19(13)9-11-7-12(17)5-6-14(11)16/h5-7,13,18H,4,8-10H2,1-3H3. The highest BCUT2D eigenvalue weighted by molar-refractivity contribution is 6.31. The number of rotatable bonds is 3. The van der Waals surface area contributed by atoms with Crippen LogP contribution in [0.1, 0.15) is 32.8 Å². The van der Waals surface area contributed by atoms with E-state index >= 15 is 0 Å². The molecule has 0 aromatic heterocycles. The van der Waals surface area contributed by atoms with E-state index in [4.69, 9.17) is 11.6 Å². The second-order valence-electron chi connectivity index (χ2n) is 5.97. The molecule has 1 fully saturated rings. The molecule has 0 saturated carbocycles. The van der Waals surface area contributed by atoms with Crippen molar-refractivity contribution < 1.29 is 4.39 Å². The molecule has 1 N–H and O–H groups in total. The van der Waals surface area contributed by atoms with Gasteiger partial charge in [0.25, 0.3) is 0 Å². The van der Waals surface area contributed by atoms with Gasteiger partial charge < -0.3 is 5.32 Å². The summed E-state index contributed by atoms with van der Waals surface area (Å²) in [4.78, 5) is 2.40. The van der Waals surface area contributed by atoms with E-state index in [0.29, 0.717) is 17.6 Å². The summed E-state index contributed by atoms with van der Waals surface area (Å²) in [6.45, 7) is 9.19. The summed E-state index contributed by atoms with van der Waals surface area (Å²) in [7, 11) is 0. The van der Waals surface area contributed by atoms with Crippen molar-refractivity contribution in [2.45, 2.75) is 45.3 Å². The van der Waals surface area contributed by atoms with Gasteiger partial charge in [-0.15, -0.1) is 0 Å². The van der Waals surface area contributed by atoms with E-state index in [0.717, 1.165) is 25.1 Å². The van der Waals surface area contributed by atoms with Crippen LogP contribution >= 0.6 is 11.6 Å². The van der Waals surface area contributed by atoms with Gasteiger partial charge in [-0.3, -0.25) is 4.90 Å². The van der Waals surface area contributed by atoms with Gasteiger partial charge in [-0.1, -0.05) is 18.5 Å². The summed E-state index contributed by atoms with van der Waals surface area (Å²) in [5.74, 6) is -0.221. The predicted molar refractivity (Wildman–Crippen MR) is 78.0 cm³/mol. The molecule has 19 heavy (non-hydrogen) atoms. The fourth-order valence-electron chi connectivity index (χ4n) is 2.69. The molecule has 1 aliphatic rings. The Morgan fingerprint density at radius 3 is 2.89 bits per heavy atom. The van der Waals surface area contributed by atoms with Crippen LogP contribution in [0.4, 0.5) is 4.39 Å². The zero-order valence-electron chi connectivity index (χ0n) is 11.8. The van der Waals surface area contributed by atoms with Gasteiger partial charge in [0.15, 0.2) is 0 Å². The SMILES string of the molecule is CCC1CNC(C)(C)CN1Cc1cc(F)ccc1Cl. The Bertz CT molecular complexity index is 448. The quantitative estimate of drug-likeness (QED) is 0.915. The fourth-order valence-corrected chi connectivity index (χ4v) is 2.86. The normalized spacial score (nSPS) is 23.5. The van der Waals surface area contributed by atoms with Crippen molar-refractivity contribution in [3.8, 4) is 0 Å². The van der Waals surface area contributed by atoms with Crippen LogP contribution in [0.25, 0.3) is 0 Å². The van der Waals surface area contributed by atoms with Crippen molar-refractivity contribution in [1.82, 2.24) is 10.2 Å². The summed E-state index contributed by atoms with van der Waals surface area (Å²) in [5.41, 5.74) is 0.962. The molecule has 1 unspecified atom stereocenters. The van der Waals surface area contributed by atoms with Crippen molar-refractivity contribution in [3.05, 3.63) is 34.6 Å². The van der Waals surface area contributed by atoms with Gasteiger partial charge >= 0.3 is 0 Å². The molecule has 0 amide bonds. The molecule has 106 valence electrons. The molecule has 1 heterocycles. The van der Waals surface area contributed by atoms with E-state index in [-0.39, 0.29) is 11.4 Å². The van der Waals surface area contributed by atoms with Crippen molar-refractivity contribution >= 4 is 11.6 Å². The Morgan fingerprint density at radius 2 is 2.21 bits per heavy atom. The number of halogens is 2. The lowest BCUT2D eigenvalue weighted by molar-refractivity contribution is 0.0858. The van der Waals surface area contributed by atoms with Crippen molar-refractivity contribution in [3.63, 3.8) is 0 Å². The van der Waals surface area contributed by atoms with Crippen LogP contribution in [-0.2, 0) is 6.54 Å². The minimum absolute atomic E-state index is 0.0888. The van der Waals surface area contributed by atoms with E-state index in [2.05, 4.69) is 31.0 Å². The van der Waals surface area contributed by atoms with Crippen molar-refractivity contribution in [2.24, 2.45) is 0 Å². The molecule has 1 aliphatic heterocycles. The molecule has 0 spiro atoms. The molecule has 2 nitrogen and oxygen atoms in total. The maximum Gasteiger partial charge on any atom is 0.123 e. The van der Waals surface area contributed by atoms with Gasteiger partial charge in [-0.25, -0.2) is 4.39 Å². The Labute approximate surface area is 119 Å². The summed E-state index contributed by atoms with van der Waals surface area (Å²) < 4.78 is 13.3. The first-order valence-electron chi connectivity index (χ1n) is 6.84. The zero-order chi connectivity index (χ0) is 14.0. The van der Waals surface area contributed by atoms with Crippen LogP contribution in [0.3, 0.4) is 0 Å². The molecule has 0 aliphatic carbocycles. The number of nitrogens with zero attached hydrogens (tertiary/aromatic N) is 1. The first-order valence-corrected chi connectivity index (χ1v) is 7.22. The maximum atomic E-state index is 13.3. The molecule has 2 rings (SSSR count). The van der Waals surface area contributed by atoms with E-state index in [1.165, 1.54) is 6.07 Å². The number of hydrogen-bond donors (Lipinski definition) is 1. The zero-order valence-corrected chi connectivity index (χ0v) is 12.6. The van der Waals surface area contributed by atoms with Gasteiger partial charge in [-0.2, -0.15) is 0 Å². The summed E-state index contributed by atoms with van der Waals surface area (Å²) in [6, 6.07) is 5.07. The highest BCUT2D eigenvalue weighted by Gasteiger charge is 2.31. The van der Waals surface area contributed by atoms with Gasteiger partial charge in [-0.05, 0) is 44.0 Å². The average molecular weight is 285 g/mol. The monoisotopic (exact) mass is 284 g/mol. The van der Waals surface area contributed by atoms with Gasteiger partial charge in [0, 0.05) is 36.2 Å². The molecule has 1 saturated heterocycles. The first-order chi connectivity index (χ1) is 8.91. The average Bonchev–Trinajstić information content (AvgIpc) is 2.33. The van der Waals surface area contributed by atoms with Crippen LogP contribution in [0.2, 0.25) is 5.02 Å². The number of hydrogen-bond acceptors (Lipinski definition) is 2. The minimum atomic E-state index is -0.221. The highest BCUT2D eigenvalue weighted by atomic mass is 35.5. The summed E-state index contributed by atoms with van der Waals surface area (Å²) in [5, 5.41) is 4.20. The number of benzene rings is 1. The molecule has 0 radical (unpaired) electrons. The van der Waals surface area contributed by atoms with Crippen LogP contribution in [-0.4, -0.2) is 29.6 Å². The third-order valence-corrected chi connectivity index (χ3v) is 4.15. The minimum Gasteiger partial charge on any atom is -0.309 e. The largest absolute Gasteiger partial charge is 0.309 e. The van der Waals surface area contributed by atoms with Crippen LogP contribution < -0.4 is 5.32 Å². The molecule has 0 bridgehead atoms. The molecular formula is C15H22ClFN2. The lowest BCUT2D eigenvalue weighted by Gasteiger charge is -2.44. The first kappa shape index (κ1) is 14.8. The van der Waals surface area contributed by atoms with Gasteiger partial charge in [0.2, 0.25) is 0 Å². The lowest BCUT2D eigenvalue weighted by Crippen LogP contribution is -2.61. The molecule has 1 aromatic carbocycles. The van der Waals surface area contributed by atoms with E-state index in [9.17, 15) is 4.39 Å². The van der Waals surface area contributed by atoms with Crippen LogP contribution in [0.15, 0.2) is 18.2 Å². The van der Waals surface area contributed by atoms with E-state index < -0.39 is 0 Å². The third kappa shape index (κ3) is 3.68. The van der Waals surface area contributed by atoms with E-state index in [1.54, 1.807) is 12.1 Å². The smallest absolute Gasteiger partial charge is 0.123 e. The molecule has 1 atom stereocenters.